The van der Waals surface area contributed by atoms with Crippen LogP contribution in [0.1, 0.15) is 11.5 Å². The van der Waals surface area contributed by atoms with Crippen LogP contribution in [0.2, 0.25) is 0 Å². The van der Waals surface area contributed by atoms with E-state index < -0.39 is 11.9 Å². The van der Waals surface area contributed by atoms with Gasteiger partial charge in [0, 0.05) is 0 Å². The van der Waals surface area contributed by atoms with Gasteiger partial charge in [0.15, 0.2) is 5.71 Å². The quantitative estimate of drug-likeness (QED) is 0.244. The van der Waals surface area contributed by atoms with Crippen LogP contribution in [-0.4, -0.2) is 33.7 Å². The normalized spacial score (nSPS) is 12.3. The number of ether oxygens (including phenoxy) is 1. The molecule has 0 bridgehead atoms. The molecule has 0 aliphatic carbocycles. The Morgan fingerprint density at radius 3 is 2.78 bits per heavy atom. The number of nitrogens with one attached hydrogen (secondary N) is 2. The fourth-order valence-electron chi connectivity index (χ4n) is 1.79. The fourth-order valence-corrected chi connectivity index (χ4v) is 1.98. The highest BCUT2D eigenvalue weighted by atomic mass is 32.1. The van der Waals surface area contributed by atoms with Crippen molar-refractivity contribution in [3.05, 3.63) is 40.7 Å². The molecule has 1 heterocycles. The van der Waals surface area contributed by atoms with E-state index in [9.17, 15) is 10.1 Å². The molecule has 0 amide bonds. The second-order valence-corrected chi connectivity index (χ2v) is 4.68. The fraction of sp³-hybridized carbons (Fsp3) is 0.154. The molecule has 0 saturated carbocycles. The summed E-state index contributed by atoms with van der Waals surface area (Å²) in [5.74, 6) is 4.00. The molecule has 0 unspecified atom stereocenters. The molecule has 1 atom stereocenters. The topological polar surface area (TPSA) is 134 Å². The highest BCUT2D eigenvalue weighted by molar-refractivity contribution is 7.71. The summed E-state index contributed by atoms with van der Waals surface area (Å²) in [7, 11) is 1.20. The van der Waals surface area contributed by atoms with Crippen LogP contribution in [0.5, 0.6) is 0 Å². The SMILES string of the molecule is COC(=O)/C(=N\Nc1nc(=S)[nH]n1N)[C@@H](C#N)c1ccccc1. The first-order valence-corrected chi connectivity index (χ1v) is 6.78. The first-order valence-electron chi connectivity index (χ1n) is 6.37. The third-order valence-electron chi connectivity index (χ3n) is 2.86. The molecule has 1 aromatic heterocycles. The number of H-pyrrole nitrogens is 1. The highest BCUT2D eigenvalue weighted by Crippen LogP contribution is 2.18. The summed E-state index contributed by atoms with van der Waals surface area (Å²) >= 11 is 4.83. The molecule has 118 valence electrons. The van der Waals surface area contributed by atoms with Crippen LogP contribution in [0, 0.1) is 16.1 Å². The Morgan fingerprint density at radius 2 is 2.26 bits per heavy atom. The Hall–Kier alpha value is -3.19. The first-order chi connectivity index (χ1) is 11.1. The molecule has 0 aliphatic heterocycles. The molecular weight excluding hydrogens is 318 g/mol. The van der Waals surface area contributed by atoms with Crippen molar-refractivity contribution in [1.82, 2.24) is 14.9 Å². The standard InChI is InChI=1S/C13H13N7O2S/c1-22-11(21)10(9(7-14)8-5-3-2-4-6-8)17-18-12-16-13(23)19-20(12)15/h2-6,9H,15H2,1H3,(H2,16,18,19,23)/b17-10-/t9-/m0/s1. The van der Waals surface area contributed by atoms with E-state index in [0.717, 1.165) is 4.79 Å². The number of anilines is 1. The van der Waals surface area contributed by atoms with Gasteiger partial charge in [-0.05, 0) is 17.8 Å². The van der Waals surface area contributed by atoms with Gasteiger partial charge in [0.05, 0.1) is 13.2 Å². The number of benzene rings is 1. The number of carbonyl (C=O) groups is 1. The van der Waals surface area contributed by atoms with Gasteiger partial charge in [-0.15, -0.1) is 0 Å². The summed E-state index contributed by atoms with van der Waals surface area (Å²) in [5.41, 5.74) is 2.97. The maximum Gasteiger partial charge on any atom is 0.355 e. The largest absolute Gasteiger partial charge is 0.464 e. The second-order valence-electron chi connectivity index (χ2n) is 4.30. The lowest BCUT2D eigenvalue weighted by molar-refractivity contribution is -0.132. The van der Waals surface area contributed by atoms with E-state index in [4.69, 9.17) is 22.8 Å². The van der Waals surface area contributed by atoms with Crippen molar-refractivity contribution in [1.29, 1.82) is 5.26 Å². The molecule has 4 N–H and O–H groups in total. The van der Waals surface area contributed by atoms with Gasteiger partial charge in [-0.3, -0.25) is 5.10 Å². The summed E-state index contributed by atoms with van der Waals surface area (Å²) in [6.07, 6.45) is 0. The third kappa shape index (κ3) is 3.72. The molecule has 0 aliphatic rings. The Labute approximate surface area is 136 Å². The monoisotopic (exact) mass is 331 g/mol. The van der Waals surface area contributed by atoms with Crippen molar-refractivity contribution in [3.63, 3.8) is 0 Å². The smallest absolute Gasteiger partial charge is 0.355 e. The van der Waals surface area contributed by atoms with E-state index in [0.29, 0.717) is 5.56 Å². The molecule has 2 rings (SSSR count). The molecule has 0 spiro atoms. The number of hydrazone groups is 1. The maximum absolute atomic E-state index is 12.0. The Morgan fingerprint density at radius 1 is 1.57 bits per heavy atom. The van der Waals surface area contributed by atoms with Gasteiger partial charge in [-0.1, -0.05) is 30.3 Å². The molecule has 0 saturated heterocycles. The van der Waals surface area contributed by atoms with Crippen LogP contribution in [0.4, 0.5) is 5.95 Å². The van der Waals surface area contributed by atoms with Crippen molar-refractivity contribution in [3.8, 4) is 6.07 Å². The average molecular weight is 331 g/mol. The van der Waals surface area contributed by atoms with E-state index >= 15 is 0 Å². The molecule has 23 heavy (non-hydrogen) atoms. The Bertz CT molecular complexity index is 819. The maximum atomic E-state index is 12.0. The molecule has 0 radical (unpaired) electrons. The minimum Gasteiger partial charge on any atom is -0.464 e. The summed E-state index contributed by atoms with van der Waals surface area (Å²) in [6.45, 7) is 0. The van der Waals surface area contributed by atoms with Gasteiger partial charge in [0.2, 0.25) is 4.77 Å². The van der Waals surface area contributed by atoms with Crippen molar-refractivity contribution < 1.29 is 9.53 Å². The number of carbonyl (C=O) groups excluding carboxylic acids is 1. The number of nitrogen functional groups attached to an aromatic ring is 1. The lowest BCUT2D eigenvalue weighted by Crippen LogP contribution is -2.25. The summed E-state index contributed by atoms with van der Waals surface area (Å²) < 4.78 is 4.84. The zero-order valence-corrected chi connectivity index (χ0v) is 12.9. The summed E-state index contributed by atoms with van der Waals surface area (Å²) in [5, 5.41) is 15.9. The van der Waals surface area contributed by atoms with Crippen LogP contribution in [0.15, 0.2) is 35.4 Å². The van der Waals surface area contributed by atoms with Crippen LogP contribution < -0.4 is 11.3 Å². The minimum atomic E-state index is -0.913. The Balaban J connectivity index is 2.38. The lowest BCUT2D eigenvalue weighted by atomic mass is 9.95. The van der Waals surface area contributed by atoms with E-state index in [1.165, 1.54) is 7.11 Å². The van der Waals surface area contributed by atoms with Crippen LogP contribution in [0.3, 0.4) is 0 Å². The summed E-state index contributed by atoms with van der Waals surface area (Å²) in [4.78, 5) is 16.8. The minimum absolute atomic E-state index is 0.0844. The predicted octanol–water partition coefficient (Wildman–Crippen LogP) is 0.903. The number of methoxy groups -OCH3 is 1. The van der Waals surface area contributed by atoms with E-state index in [-0.39, 0.29) is 16.4 Å². The van der Waals surface area contributed by atoms with Crippen LogP contribution in [0.25, 0.3) is 0 Å². The van der Waals surface area contributed by atoms with Gasteiger partial charge in [0.1, 0.15) is 5.92 Å². The molecule has 10 heteroatoms. The number of nitrogens with two attached hydrogens (primary N) is 1. The molecule has 0 fully saturated rings. The van der Waals surface area contributed by atoms with Gasteiger partial charge >= 0.3 is 5.97 Å². The number of hydrogen-bond acceptors (Lipinski definition) is 8. The number of aromatic nitrogens is 3. The predicted molar refractivity (Wildman–Crippen MR) is 85.4 cm³/mol. The molecular formula is C13H13N7O2S. The first kappa shape index (κ1) is 16.2. The molecule has 1 aromatic carbocycles. The van der Waals surface area contributed by atoms with E-state index in [1.807, 2.05) is 6.07 Å². The zero-order valence-electron chi connectivity index (χ0n) is 12.1. The van der Waals surface area contributed by atoms with Gasteiger partial charge in [-0.2, -0.15) is 20.1 Å². The third-order valence-corrected chi connectivity index (χ3v) is 3.04. The van der Waals surface area contributed by atoms with Gasteiger partial charge in [0.25, 0.3) is 5.95 Å². The van der Waals surface area contributed by atoms with E-state index in [1.54, 1.807) is 30.3 Å². The number of nitriles is 1. The van der Waals surface area contributed by atoms with Gasteiger partial charge < -0.3 is 10.6 Å². The average Bonchev–Trinajstić information content (AvgIpc) is 2.89. The highest BCUT2D eigenvalue weighted by Gasteiger charge is 2.26. The lowest BCUT2D eigenvalue weighted by Gasteiger charge is -2.11. The van der Waals surface area contributed by atoms with Gasteiger partial charge in [-0.25, -0.2) is 10.2 Å². The number of rotatable bonds is 5. The van der Waals surface area contributed by atoms with Crippen molar-refractivity contribution in [2.45, 2.75) is 5.92 Å². The van der Waals surface area contributed by atoms with Crippen molar-refractivity contribution in [2.75, 3.05) is 18.4 Å². The number of nitrogens with zero attached hydrogens (tertiary/aromatic N) is 4. The molecule has 9 nitrogen and oxygen atoms in total. The number of hydrogen-bond donors (Lipinski definition) is 3. The van der Waals surface area contributed by atoms with Crippen molar-refractivity contribution in [2.24, 2.45) is 5.10 Å². The Kier molecular flexibility index (Phi) is 5.06. The molecule has 2 aromatic rings. The van der Waals surface area contributed by atoms with Crippen LogP contribution in [-0.2, 0) is 9.53 Å². The zero-order chi connectivity index (χ0) is 16.8. The van der Waals surface area contributed by atoms with E-state index in [2.05, 4.69) is 20.6 Å². The second kappa shape index (κ2) is 7.19. The summed E-state index contributed by atoms with van der Waals surface area (Å²) in [6, 6.07) is 10.8. The van der Waals surface area contributed by atoms with Crippen LogP contribution >= 0.6 is 12.2 Å². The number of aromatic amines is 1. The number of esters is 1. The van der Waals surface area contributed by atoms with Crippen molar-refractivity contribution >= 4 is 29.8 Å².